The van der Waals surface area contributed by atoms with Gasteiger partial charge in [0.2, 0.25) is 0 Å². The average molecular weight is 413 g/mol. The zero-order valence-electron chi connectivity index (χ0n) is 16.7. The molecule has 0 fully saturated rings. The molecule has 30 heavy (non-hydrogen) atoms. The molecule has 0 saturated heterocycles. The Morgan fingerprint density at radius 1 is 0.967 bits per heavy atom. The monoisotopic (exact) mass is 413 g/mol. The molecule has 0 spiro atoms. The summed E-state index contributed by atoms with van der Waals surface area (Å²) in [4.78, 5) is 48.6. The molecule has 0 aliphatic heterocycles. The van der Waals surface area contributed by atoms with Gasteiger partial charge in [0, 0.05) is 18.8 Å². The highest BCUT2D eigenvalue weighted by Gasteiger charge is 2.18. The van der Waals surface area contributed by atoms with Crippen molar-refractivity contribution in [2.24, 2.45) is 5.10 Å². The first-order valence-corrected chi connectivity index (χ1v) is 9.29. The molecule has 0 bridgehead atoms. The zero-order valence-corrected chi connectivity index (χ0v) is 16.7. The number of benzene rings is 1. The Labute approximate surface area is 173 Å². The molecule has 0 atom stereocenters. The Bertz CT molecular complexity index is 919. The predicted molar refractivity (Wildman–Crippen MR) is 109 cm³/mol. The van der Waals surface area contributed by atoms with Gasteiger partial charge in [-0.2, -0.15) is 5.10 Å². The number of carbonyl (C=O) groups is 4. The molecule has 2 rings (SSSR count). The highest BCUT2D eigenvalue weighted by atomic mass is 16.3. The van der Waals surface area contributed by atoms with Gasteiger partial charge in [-0.25, -0.2) is 5.43 Å². The number of hydrogen-bond acceptors (Lipinski definition) is 6. The maximum absolute atomic E-state index is 11.9. The van der Waals surface area contributed by atoms with Crippen molar-refractivity contribution in [2.45, 2.75) is 20.4 Å². The van der Waals surface area contributed by atoms with E-state index in [9.17, 15) is 19.2 Å². The normalized spacial score (nSPS) is 10.5. The van der Waals surface area contributed by atoms with Crippen molar-refractivity contribution >= 4 is 35.5 Å². The lowest BCUT2D eigenvalue weighted by atomic mass is 10.3. The van der Waals surface area contributed by atoms with Crippen LogP contribution in [0.4, 0.5) is 5.69 Å². The van der Waals surface area contributed by atoms with Crippen LogP contribution in [0.25, 0.3) is 0 Å². The van der Waals surface area contributed by atoms with Crippen molar-refractivity contribution in [3.05, 3.63) is 54.0 Å². The van der Waals surface area contributed by atoms with Crippen LogP contribution in [0.5, 0.6) is 0 Å². The van der Waals surface area contributed by atoms with E-state index in [1.165, 1.54) is 11.1 Å². The van der Waals surface area contributed by atoms with Gasteiger partial charge in [-0.3, -0.25) is 19.2 Å². The summed E-state index contributed by atoms with van der Waals surface area (Å²) in [5.41, 5.74) is 2.64. The molecule has 158 valence electrons. The highest BCUT2D eigenvalue weighted by Crippen LogP contribution is 2.06. The lowest BCUT2D eigenvalue weighted by molar-refractivity contribution is -0.145. The van der Waals surface area contributed by atoms with Crippen LogP contribution in [-0.4, -0.2) is 47.8 Å². The standard InChI is InChI=1S/C20H23N5O5/c1-3-25(4-2)20(29)19(28)24-22-13-16-11-10-15(30-16)12-21-17(26)18(27)23-14-8-6-5-7-9-14/h5-11,13H,3-4,12H2,1-2H3,(H,21,26)(H,23,27)(H,24,28)/b22-13+. The van der Waals surface area contributed by atoms with Crippen LogP contribution in [0, 0.1) is 0 Å². The minimum Gasteiger partial charge on any atom is -0.458 e. The van der Waals surface area contributed by atoms with Crippen LogP contribution in [0.15, 0.2) is 52.0 Å². The Morgan fingerprint density at radius 3 is 2.33 bits per heavy atom. The fraction of sp³-hybridized carbons (Fsp3) is 0.250. The fourth-order valence-corrected chi connectivity index (χ4v) is 2.37. The molecule has 4 amide bonds. The molecule has 1 aromatic carbocycles. The summed E-state index contributed by atoms with van der Waals surface area (Å²) in [7, 11) is 0. The van der Waals surface area contributed by atoms with E-state index >= 15 is 0 Å². The molecular weight excluding hydrogens is 390 g/mol. The average Bonchev–Trinajstić information content (AvgIpc) is 3.21. The summed E-state index contributed by atoms with van der Waals surface area (Å²) in [6.45, 7) is 4.37. The van der Waals surface area contributed by atoms with Crippen LogP contribution >= 0.6 is 0 Å². The van der Waals surface area contributed by atoms with Crippen LogP contribution in [0.2, 0.25) is 0 Å². The minimum absolute atomic E-state index is 0.0122. The van der Waals surface area contributed by atoms with Crippen LogP contribution in [0.1, 0.15) is 25.4 Å². The number of para-hydroxylation sites is 1. The van der Waals surface area contributed by atoms with E-state index in [1.54, 1.807) is 56.3 Å². The first kappa shape index (κ1) is 22.3. The maximum Gasteiger partial charge on any atom is 0.329 e. The summed E-state index contributed by atoms with van der Waals surface area (Å²) in [5.74, 6) is -2.46. The lowest BCUT2D eigenvalue weighted by Crippen LogP contribution is -2.41. The van der Waals surface area contributed by atoms with Crippen molar-refractivity contribution < 1.29 is 23.6 Å². The van der Waals surface area contributed by atoms with Gasteiger partial charge in [0.05, 0.1) is 12.8 Å². The lowest BCUT2D eigenvalue weighted by Gasteiger charge is -2.16. The number of nitrogens with zero attached hydrogens (tertiary/aromatic N) is 2. The van der Waals surface area contributed by atoms with Gasteiger partial charge in [-0.15, -0.1) is 0 Å². The Kier molecular flexibility index (Phi) is 8.30. The Hall–Kier alpha value is -3.95. The van der Waals surface area contributed by atoms with Crippen molar-refractivity contribution in [2.75, 3.05) is 18.4 Å². The second kappa shape index (κ2) is 11.1. The number of carbonyl (C=O) groups excluding carboxylic acids is 4. The van der Waals surface area contributed by atoms with E-state index in [0.29, 0.717) is 30.3 Å². The molecule has 0 aliphatic rings. The van der Waals surface area contributed by atoms with Gasteiger partial charge in [0.15, 0.2) is 0 Å². The summed E-state index contributed by atoms with van der Waals surface area (Å²) in [6, 6.07) is 11.7. The molecule has 10 nitrogen and oxygen atoms in total. The number of furan rings is 1. The number of hydrazone groups is 1. The molecule has 2 aromatic rings. The van der Waals surface area contributed by atoms with E-state index in [1.807, 2.05) is 0 Å². The van der Waals surface area contributed by atoms with E-state index in [4.69, 9.17) is 4.42 Å². The van der Waals surface area contributed by atoms with Gasteiger partial charge in [0.25, 0.3) is 0 Å². The van der Waals surface area contributed by atoms with Crippen molar-refractivity contribution in [1.82, 2.24) is 15.6 Å². The first-order valence-electron chi connectivity index (χ1n) is 9.29. The molecule has 0 radical (unpaired) electrons. The maximum atomic E-state index is 11.9. The first-order chi connectivity index (χ1) is 14.4. The smallest absolute Gasteiger partial charge is 0.329 e. The summed E-state index contributed by atoms with van der Waals surface area (Å²) in [5, 5.41) is 8.59. The molecule has 0 saturated carbocycles. The van der Waals surface area contributed by atoms with Crippen LogP contribution < -0.4 is 16.1 Å². The predicted octanol–water partition coefficient (Wildman–Crippen LogP) is 0.853. The topological polar surface area (TPSA) is 133 Å². The Balaban J connectivity index is 1.80. The molecule has 3 N–H and O–H groups in total. The number of anilines is 1. The van der Waals surface area contributed by atoms with E-state index in [0.717, 1.165) is 0 Å². The quantitative estimate of drug-likeness (QED) is 0.352. The summed E-state index contributed by atoms with van der Waals surface area (Å²) >= 11 is 0. The third-order valence-electron chi connectivity index (χ3n) is 3.95. The van der Waals surface area contributed by atoms with Crippen molar-refractivity contribution in [1.29, 1.82) is 0 Å². The summed E-state index contributed by atoms with van der Waals surface area (Å²) < 4.78 is 5.42. The van der Waals surface area contributed by atoms with Crippen LogP contribution in [0.3, 0.4) is 0 Å². The van der Waals surface area contributed by atoms with Gasteiger partial charge in [-0.1, -0.05) is 18.2 Å². The highest BCUT2D eigenvalue weighted by molar-refractivity contribution is 6.39. The second-order valence-corrected chi connectivity index (χ2v) is 5.98. The molecule has 10 heteroatoms. The molecule has 1 heterocycles. The number of hydrogen-bond donors (Lipinski definition) is 3. The Morgan fingerprint density at radius 2 is 1.67 bits per heavy atom. The number of amides is 4. The largest absolute Gasteiger partial charge is 0.458 e. The summed E-state index contributed by atoms with van der Waals surface area (Å²) in [6.07, 6.45) is 1.22. The second-order valence-electron chi connectivity index (χ2n) is 5.98. The number of likely N-dealkylation sites (N-methyl/N-ethyl adjacent to an activating group) is 1. The zero-order chi connectivity index (χ0) is 21.9. The third-order valence-corrected chi connectivity index (χ3v) is 3.95. The number of nitrogens with one attached hydrogen (secondary N) is 3. The van der Waals surface area contributed by atoms with E-state index in [2.05, 4.69) is 21.2 Å². The van der Waals surface area contributed by atoms with Crippen molar-refractivity contribution in [3.63, 3.8) is 0 Å². The molecular formula is C20H23N5O5. The number of rotatable bonds is 7. The van der Waals surface area contributed by atoms with Gasteiger partial charge >= 0.3 is 23.6 Å². The van der Waals surface area contributed by atoms with E-state index in [-0.39, 0.29) is 6.54 Å². The van der Waals surface area contributed by atoms with E-state index < -0.39 is 23.6 Å². The van der Waals surface area contributed by atoms with Crippen molar-refractivity contribution in [3.8, 4) is 0 Å². The van der Waals surface area contributed by atoms with Crippen LogP contribution in [-0.2, 0) is 25.7 Å². The van der Waals surface area contributed by atoms with Gasteiger partial charge in [-0.05, 0) is 38.1 Å². The minimum atomic E-state index is -0.849. The third kappa shape index (κ3) is 6.59. The molecule has 1 aromatic heterocycles. The van der Waals surface area contributed by atoms with Gasteiger partial charge < -0.3 is 20.0 Å². The molecule has 0 unspecified atom stereocenters. The van der Waals surface area contributed by atoms with Gasteiger partial charge in [0.1, 0.15) is 11.5 Å². The fourth-order valence-electron chi connectivity index (χ4n) is 2.37. The SMILES string of the molecule is CCN(CC)C(=O)C(=O)N/N=C/c1ccc(CNC(=O)C(=O)Nc2ccccc2)o1. The molecule has 0 aliphatic carbocycles.